The van der Waals surface area contributed by atoms with Crippen molar-refractivity contribution in [2.45, 2.75) is 0 Å². The largest absolute Gasteiger partial charge is 0.477 e. The highest BCUT2D eigenvalue weighted by Crippen LogP contribution is 2.42. The number of carboxylic acids is 1. The number of carbonyl (C=O) groups is 1. The van der Waals surface area contributed by atoms with Gasteiger partial charge in [-0.25, -0.2) is 4.79 Å². The zero-order valence-corrected chi connectivity index (χ0v) is 26.0. The maximum atomic E-state index is 11.2. The molecule has 0 unspecified atom stereocenters. The van der Waals surface area contributed by atoms with Crippen molar-refractivity contribution in [3.63, 3.8) is 0 Å². The first-order valence-electron chi connectivity index (χ1n) is 14.7. The Hall–Kier alpha value is -5.74. The Balaban J connectivity index is 1.23. The van der Waals surface area contributed by atoms with E-state index in [2.05, 4.69) is 120 Å². The molecule has 0 spiro atoms. The number of nitrogens with zero attached hydrogens (tertiary/aromatic N) is 2. The second-order valence-electron chi connectivity index (χ2n) is 11.0. The van der Waals surface area contributed by atoms with Crippen LogP contribution in [0.15, 0.2) is 127 Å². The lowest BCUT2D eigenvalue weighted by molar-refractivity contribution is -0.132. The van der Waals surface area contributed by atoms with Crippen LogP contribution in [-0.4, -0.2) is 15.5 Å². The number of benzene rings is 3. The highest BCUT2D eigenvalue weighted by molar-refractivity contribution is 7.16. The van der Waals surface area contributed by atoms with Crippen LogP contribution in [0.3, 0.4) is 0 Å². The molecule has 0 radical (unpaired) electrons. The SMILES string of the molecule is N#C/C(=C\c1ccc(/C=C/c2ccc(-c3cc4cc(-c5ccccc5)c5ccc6c(-c7ccccc7)cc(c3)c4n56)s2)s1)C(=O)O. The van der Waals surface area contributed by atoms with Gasteiger partial charge in [-0.2, -0.15) is 5.26 Å². The van der Waals surface area contributed by atoms with Gasteiger partial charge in [0.2, 0.25) is 0 Å². The molecule has 5 heterocycles. The molecule has 3 aromatic carbocycles. The molecule has 1 N–H and O–H groups in total. The molecule has 0 aliphatic heterocycles. The summed E-state index contributed by atoms with van der Waals surface area (Å²) >= 11 is 3.18. The molecule has 0 aliphatic carbocycles. The van der Waals surface area contributed by atoms with Gasteiger partial charge < -0.3 is 9.51 Å². The number of nitriles is 1. The van der Waals surface area contributed by atoms with Crippen LogP contribution in [0, 0.1) is 11.3 Å². The van der Waals surface area contributed by atoms with E-state index < -0.39 is 5.97 Å². The van der Waals surface area contributed by atoms with Crippen molar-refractivity contribution in [2.24, 2.45) is 0 Å². The number of hydrogen-bond donors (Lipinski definition) is 1. The van der Waals surface area contributed by atoms with E-state index in [9.17, 15) is 4.79 Å². The van der Waals surface area contributed by atoms with Crippen molar-refractivity contribution in [2.75, 3.05) is 0 Å². The highest BCUT2D eigenvalue weighted by atomic mass is 32.1. The van der Waals surface area contributed by atoms with Crippen molar-refractivity contribution >= 4 is 74.2 Å². The average molecular weight is 629 g/mol. The minimum Gasteiger partial charge on any atom is -0.477 e. The van der Waals surface area contributed by atoms with Gasteiger partial charge in [-0.1, -0.05) is 60.7 Å². The van der Waals surface area contributed by atoms with Gasteiger partial charge in [-0.3, -0.25) is 0 Å². The minimum atomic E-state index is -1.22. The number of pyridine rings is 2. The lowest BCUT2D eigenvalue weighted by atomic mass is 9.97. The third-order valence-corrected chi connectivity index (χ3v) is 10.3. The Morgan fingerprint density at radius 1 is 0.652 bits per heavy atom. The zero-order valence-electron chi connectivity index (χ0n) is 24.3. The van der Waals surface area contributed by atoms with E-state index in [1.807, 2.05) is 18.2 Å². The molecule has 0 bridgehead atoms. The van der Waals surface area contributed by atoms with Gasteiger partial charge in [0.25, 0.3) is 0 Å². The smallest absolute Gasteiger partial charge is 0.346 e. The van der Waals surface area contributed by atoms with E-state index in [4.69, 9.17) is 10.4 Å². The maximum Gasteiger partial charge on any atom is 0.346 e. The van der Waals surface area contributed by atoms with E-state index >= 15 is 0 Å². The minimum absolute atomic E-state index is 0.273. The molecule has 6 heteroatoms. The van der Waals surface area contributed by atoms with E-state index in [0.29, 0.717) is 0 Å². The maximum absolute atomic E-state index is 11.2. The van der Waals surface area contributed by atoms with Crippen LogP contribution in [0.1, 0.15) is 14.6 Å². The Kier molecular flexibility index (Phi) is 6.84. The lowest BCUT2D eigenvalue weighted by Crippen LogP contribution is -1.96. The summed E-state index contributed by atoms with van der Waals surface area (Å²) in [5, 5.41) is 20.6. The van der Waals surface area contributed by atoms with Gasteiger partial charge in [-0.15, -0.1) is 22.7 Å². The molecule has 0 atom stereocenters. The first-order chi connectivity index (χ1) is 22.6. The molecule has 0 saturated heterocycles. The number of thiophene rings is 2. The molecule has 218 valence electrons. The lowest BCUT2D eigenvalue weighted by Gasteiger charge is -2.17. The average Bonchev–Trinajstić information content (AvgIpc) is 3.86. The summed E-state index contributed by atoms with van der Waals surface area (Å²) in [6.07, 6.45) is 5.52. The van der Waals surface area contributed by atoms with Gasteiger partial charge in [0.05, 0.1) is 16.6 Å². The predicted octanol–water partition coefficient (Wildman–Crippen LogP) is 11.0. The van der Waals surface area contributed by atoms with Crippen molar-refractivity contribution in [1.29, 1.82) is 5.26 Å². The Bertz CT molecular complexity index is 2400. The molecule has 46 heavy (non-hydrogen) atoms. The fourth-order valence-corrected chi connectivity index (χ4v) is 7.89. The summed E-state index contributed by atoms with van der Waals surface area (Å²) in [5.74, 6) is -1.22. The first-order valence-corrected chi connectivity index (χ1v) is 16.4. The number of carboxylic acid groups (broad SMARTS) is 1. The monoisotopic (exact) mass is 628 g/mol. The van der Waals surface area contributed by atoms with Crippen LogP contribution in [0.25, 0.3) is 78.2 Å². The van der Waals surface area contributed by atoms with Gasteiger partial charge in [0, 0.05) is 41.4 Å². The summed E-state index contributed by atoms with van der Waals surface area (Å²) in [6.45, 7) is 0. The second-order valence-corrected chi connectivity index (χ2v) is 13.3. The molecular formula is C40H24N2O2S2. The van der Waals surface area contributed by atoms with E-state index in [1.165, 1.54) is 77.4 Å². The van der Waals surface area contributed by atoms with Crippen LogP contribution >= 0.6 is 22.7 Å². The summed E-state index contributed by atoms with van der Waals surface area (Å²) in [4.78, 5) is 15.2. The fraction of sp³-hybridized carbons (Fsp3) is 0. The van der Waals surface area contributed by atoms with Gasteiger partial charge in [-0.05, 0) is 95.6 Å². The zero-order chi connectivity index (χ0) is 31.2. The second kappa shape index (κ2) is 11.3. The topological polar surface area (TPSA) is 65.5 Å². The fourth-order valence-electron chi connectivity index (χ4n) is 6.14. The van der Waals surface area contributed by atoms with Crippen molar-refractivity contribution < 1.29 is 9.90 Å². The molecule has 0 fully saturated rings. The quantitative estimate of drug-likeness (QED) is 0.141. The summed E-state index contributed by atoms with van der Waals surface area (Å²) in [7, 11) is 0. The molecule has 5 aromatic heterocycles. The van der Waals surface area contributed by atoms with Crippen molar-refractivity contribution in [3.8, 4) is 38.8 Å². The molecular weight excluding hydrogens is 605 g/mol. The third-order valence-electron chi connectivity index (χ3n) is 8.20. The normalized spacial score (nSPS) is 12.1. The number of aromatic nitrogens is 1. The number of aliphatic carboxylic acids is 1. The molecule has 0 aliphatic rings. The molecule has 8 rings (SSSR count). The van der Waals surface area contributed by atoms with E-state index in [0.717, 1.165) is 14.6 Å². The summed E-state index contributed by atoms with van der Waals surface area (Å²) < 4.78 is 2.43. The van der Waals surface area contributed by atoms with Gasteiger partial charge >= 0.3 is 5.97 Å². The Morgan fingerprint density at radius 2 is 1.20 bits per heavy atom. The van der Waals surface area contributed by atoms with Crippen molar-refractivity contribution in [3.05, 3.63) is 142 Å². The van der Waals surface area contributed by atoms with Crippen molar-refractivity contribution in [1.82, 2.24) is 4.40 Å². The Morgan fingerprint density at radius 3 is 1.76 bits per heavy atom. The summed E-state index contributed by atoms with van der Waals surface area (Å²) in [6, 6.07) is 44.8. The molecule has 0 amide bonds. The van der Waals surface area contributed by atoms with Crippen LogP contribution in [0.4, 0.5) is 0 Å². The van der Waals surface area contributed by atoms with Gasteiger partial charge in [0.15, 0.2) is 0 Å². The first kappa shape index (κ1) is 27.8. The number of hydrogen-bond acceptors (Lipinski definition) is 4. The Labute approximate surface area is 273 Å². The number of rotatable bonds is 7. The van der Waals surface area contributed by atoms with Crippen LogP contribution in [-0.2, 0) is 4.79 Å². The van der Waals surface area contributed by atoms with Gasteiger partial charge in [0.1, 0.15) is 11.6 Å². The molecule has 4 nitrogen and oxygen atoms in total. The van der Waals surface area contributed by atoms with E-state index in [-0.39, 0.29) is 5.57 Å². The third kappa shape index (κ3) is 4.89. The predicted molar refractivity (Wildman–Crippen MR) is 192 cm³/mol. The summed E-state index contributed by atoms with van der Waals surface area (Å²) in [5.41, 5.74) is 9.33. The van der Waals surface area contributed by atoms with Crippen LogP contribution in [0.5, 0.6) is 0 Å². The van der Waals surface area contributed by atoms with E-state index in [1.54, 1.807) is 17.4 Å². The molecule has 0 saturated carbocycles. The van der Waals surface area contributed by atoms with Crippen LogP contribution in [0.2, 0.25) is 0 Å². The van der Waals surface area contributed by atoms with Crippen LogP contribution < -0.4 is 0 Å². The standard InChI is InChI=1S/C40H24N2O2S2/c41-24-30(40(43)44)21-33-14-13-31(45-33)11-12-32-15-18-38(46-32)27-19-28-22-34(25-7-3-1-4-8-25)36-16-17-37-35(26-9-5-2-6-10-26)23-29(20-27)39(28)42(36)37/h1-23H,(H,43,44)/b12-11+,30-21+. The highest BCUT2D eigenvalue weighted by Gasteiger charge is 2.18. The molecule has 8 aromatic rings.